The molecule has 0 aliphatic heterocycles. The van der Waals surface area contributed by atoms with E-state index in [2.05, 4.69) is 6.58 Å². The Bertz CT molecular complexity index is 794. The summed E-state index contributed by atoms with van der Waals surface area (Å²) in [5, 5.41) is 11.1. The van der Waals surface area contributed by atoms with Gasteiger partial charge in [-0.05, 0) is 30.2 Å². The van der Waals surface area contributed by atoms with Gasteiger partial charge < -0.3 is 24.1 Å². The molecule has 0 radical (unpaired) electrons. The predicted molar refractivity (Wildman–Crippen MR) is 106 cm³/mol. The zero-order valence-corrected chi connectivity index (χ0v) is 17.0. The van der Waals surface area contributed by atoms with E-state index in [0.29, 0.717) is 35.0 Å². The van der Waals surface area contributed by atoms with E-state index < -0.39 is 17.4 Å². The Morgan fingerprint density at radius 1 is 1.07 bits per heavy atom. The number of benzene rings is 1. The van der Waals surface area contributed by atoms with Crippen LogP contribution in [0, 0.1) is 11.3 Å². The quantitative estimate of drug-likeness (QED) is 0.652. The number of carbonyl (C=O) groups is 1. The van der Waals surface area contributed by atoms with E-state index in [0.717, 1.165) is 0 Å². The summed E-state index contributed by atoms with van der Waals surface area (Å²) in [4.78, 5) is 13.1. The van der Waals surface area contributed by atoms with Crippen LogP contribution in [0.3, 0.4) is 0 Å². The van der Waals surface area contributed by atoms with Crippen molar-refractivity contribution in [3.63, 3.8) is 0 Å². The number of aliphatic hydroxyl groups excluding tert-OH is 1. The van der Waals surface area contributed by atoms with Crippen LogP contribution in [-0.2, 0) is 14.3 Å². The molecule has 0 heterocycles. The second-order valence-corrected chi connectivity index (χ2v) is 6.67. The minimum Gasteiger partial charge on any atom is -0.493 e. The number of hydrogen-bond acceptors (Lipinski definition) is 6. The van der Waals surface area contributed by atoms with Gasteiger partial charge in [0.1, 0.15) is 0 Å². The zero-order valence-electron chi connectivity index (χ0n) is 17.0. The second kappa shape index (κ2) is 8.97. The molecule has 0 bridgehead atoms. The third-order valence-electron chi connectivity index (χ3n) is 5.31. The number of rotatable bonds is 9. The third kappa shape index (κ3) is 3.78. The van der Waals surface area contributed by atoms with Gasteiger partial charge in [0.05, 0.1) is 40.0 Å². The molecule has 2 rings (SSSR count). The molecule has 1 aromatic carbocycles. The van der Waals surface area contributed by atoms with Gasteiger partial charge >= 0.3 is 0 Å². The topological polar surface area (TPSA) is 74.2 Å². The molecule has 1 N–H and O–H groups in total. The minimum absolute atomic E-state index is 0.169. The van der Waals surface area contributed by atoms with Crippen LogP contribution in [0.4, 0.5) is 0 Å². The number of carbonyl (C=O) groups excluding carboxylic acids is 1. The molecule has 0 spiro atoms. The van der Waals surface area contributed by atoms with Crippen molar-refractivity contribution in [3.05, 3.63) is 60.1 Å². The molecule has 0 amide bonds. The molecule has 152 valence electrons. The lowest BCUT2D eigenvalue weighted by atomic mass is 9.65. The fourth-order valence-electron chi connectivity index (χ4n) is 3.57. The molecule has 0 fully saturated rings. The van der Waals surface area contributed by atoms with Gasteiger partial charge in [0.25, 0.3) is 0 Å². The number of methoxy groups -OCH3 is 4. The summed E-state index contributed by atoms with van der Waals surface area (Å²) in [5.74, 6) is 1.24. The summed E-state index contributed by atoms with van der Waals surface area (Å²) in [6, 6.07) is 5.20. The third-order valence-corrected chi connectivity index (χ3v) is 5.31. The Balaban J connectivity index is 2.49. The van der Waals surface area contributed by atoms with E-state index in [4.69, 9.17) is 18.9 Å². The Morgan fingerprint density at radius 3 is 2.25 bits per heavy atom. The second-order valence-electron chi connectivity index (χ2n) is 6.67. The molecule has 3 atom stereocenters. The largest absolute Gasteiger partial charge is 0.493 e. The Morgan fingerprint density at radius 2 is 1.71 bits per heavy atom. The van der Waals surface area contributed by atoms with Gasteiger partial charge in [-0.1, -0.05) is 19.1 Å². The summed E-state index contributed by atoms with van der Waals surface area (Å²) >= 11 is 0. The monoisotopic (exact) mass is 388 g/mol. The SMILES string of the molecule is C=CCC1([C@H](C)[C@@H](O)c2ccc(OC)c(OC)c2)C=C(OC)C(OC)=CC1=O. The van der Waals surface area contributed by atoms with Gasteiger partial charge in [-0.15, -0.1) is 6.58 Å². The fourth-order valence-corrected chi connectivity index (χ4v) is 3.57. The van der Waals surface area contributed by atoms with Gasteiger partial charge in [-0.2, -0.15) is 0 Å². The highest BCUT2D eigenvalue weighted by Gasteiger charge is 2.46. The lowest BCUT2D eigenvalue weighted by Gasteiger charge is -2.39. The summed E-state index contributed by atoms with van der Waals surface area (Å²) in [6.45, 7) is 5.63. The number of ether oxygens (including phenoxy) is 4. The summed E-state index contributed by atoms with van der Waals surface area (Å²) in [5.41, 5.74) is -0.392. The van der Waals surface area contributed by atoms with Crippen LogP contribution in [0.1, 0.15) is 25.0 Å². The molecule has 6 heteroatoms. The van der Waals surface area contributed by atoms with Crippen molar-refractivity contribution in [2.45, 2.75) is 19.4 Å². The Kier molecular flexibility index (Phi) is 6.91. The van der Waals surface area contributed by atoms with E-state index in [1.54, 1.807) is 37.5 Å². The zero-order chi connectivity index (χ0) is 20.9. The number of aliphatic hydroxyl groups is 1. The molecule has 0 saturated carbocycles. The summed E-state index contributed by atoms with van der Waals surface area (Å²) < 4.78 is 21.2. The number of hydrogen-bond donors (Lipinski definition) is 1. The molecule has 0 saturated heterocycles. The van der Waals surface area contributed by atoms with Gasteiger partial charge in [-0.25, -0.2) is 0 Å². The molecular formula is C22H28O6. The average molecular weight is 388 g/mol. The van der Waals surface area contributed by atoms with E-state index in [-0.39, 0.29) is 5.78 Å². The van der Waals surface area contributed by atoms with Crippen LogP contribution >= 0.6 is 0 Å². The van der Waals surface area contributed by atoms with Crippen LogP contribution in [0.15, 0.2) is 54.5 Å². The van der Waals surface area contributed by atoms with E-state index in [1.807, 2.05) is 6.92 Å². The van der Waals surface area contributed by atoms with Gasteiger partial charge in [0.15, 0.2) is 28.8 Å². The molecular weight excluding hydrogens is 360 g/mol. The molecule has 1 aliphatic carbocycles. The lowest BCUT2D eigenvalue weighted by molar-refractivity contribution is -0.126. The van der Waals surface area contributed by atoms with E-state index >= 15 is 0 Å². The first kappa shape index (κ1) is 21.6. The highest BCUT2D eigenvalue weighted by Crippen LogP contribution is 2.46. The first-order chi connectivity index (χ1) is 13.4. The van der Waals surface area contributed by atoms with Crippen LogP contribution < -0.4 is 9.47 Å². The van der Waals surface area contributed by atoms with Crippen molar-refractivity contribution in [1.29, 1.82) is 0 Å². The Labute approximate surface area is 166 Å². The average Bonchev–Trinajstić information content (AvgIpc) is 2.73. The van der Waals surface area contributed by atoms with Crippen molar-refractivity contribution in [2.75, 3.05) is 28.4 Å². The van der Waals surface area contributed by atoms with Crippen LogP contribution in [0.25, 0.3) is 0 Å². The van der Waals surface area contributed by atoms with Gasteiger partial charge in [0.2, 0.25) is 0 Å². The van der Waals surface area contributed by atoms with Gasteiger partial charge in [0, 0.05) is 12.0 Å². The fraction of sp³-hybridized carbons (Fsp3) is 0.409. The summed E-state index contributed by atoms with van der Waals surface area (Å²) in [6.07, 6.45) is 4.23. The minimum atomic E-state index is -1.01. The number of allylic oxidation sites excluding steroid dienone is 3. The predicted octanol–water partition coefficient (Wildman–Crippen LogP) is 3.58. The molecule has 28 heavy (non-hydrogen) atoms. The normalized spacial score (nSPS) is 21.1. The van der Waals surface area contributed by atoms with E-state index in [1.165, 1.54) is 27.4 Å². The highest BCUT2D eigenvalue weighted by molar-refractivity contribution is 5.99. The first-order valence-corrected chi connectivity index (χ1v) is 8.96. The number of ketones is 1. The molecule has 0 aromatic heterocycles. The van der Waals surface area contributed by atoms with Gasteiger partial charge in [-0.3, -0.25) is 4.79 Å². The molecule has 1 aromatic rings. The highest BCUT2D eigenvalue weighted by atomic mass is 16.5. The molecule has 6 nitrogen and oxygen atoms in total. The maximum absolute atomic E-state index is 13.1. The van der Waals surface area contributed by atoms with Crippen molar-refractivity contribution < 1.29 is 28.8 Å². The van der Waals surface area contributed by atoms with Crippen LogP contribution in [-0.4, -0.2) is 39.3 Å². The van der Waals surface area contributed by atoms with Crippen LogP contribution in [0.2, 0.25) is 0 Å². The van der Waals surface area contributed by atoms with Crippen molar-refractivity contribution in [3.8, 4) is 11.5 Å². The lowest BCUT2D eigenvalue weighted by Crippen LogP contribution is -2.40. The van der Waals surface area contributed by atoms with Crippen molar-refractivity contribution >= 4 is 5.78 Å². The summed E-state index contributed by atoms with van der Waals surface area (Å²) in [7, 11) is 6.08. The maximum atomic E-state index is 13.1. The standard InChI is InChI=1S/C22H28O6/c1-7-10-22(13-19(28-6)18(27-5)12-20(22)23)14(2)21(24)15-8-9-16(25-3)17(11-15)26-4/h7-9,11-14,21,24H,1,10H2,2-6H3/t14-,21-,22?/m1/s1. The van der Waals surface area contributed by atoms with Crippen molar-refractivity contribution in [1.82, 2.24) is 0 Å². The van der Waals surface area contributed by atoms with Crippen LogP contribution in [0.5, 0.6) is 11.5 Å². The first-order valence-electron chi connectivity index (χ1n) is 8.96. The molecule has 1 unspecified atom stereocenters. The maximum Gasteiger partial charge on any atom is 0.170 e. The van der Waals surface area contributed by atoms with E-state index in [9.17, 15) is 9.90 Å². The smallest absolute Gasteiger partial charge is 0.170 e. The molecule has 1 aliphatic rings. The Hall–Kier alpha value is -2.73. The van der Waals surface area contributed by atoms with Crippen molar-refractivity contribution in [2.24, 2.45) is 11.3 Å².